The number of imidazole rings is 1. The molecule has 0 atom stereocenters. The second kappa shape index (κ2) is 4.69. The number of nitrogen functional groups attached to an aromatic ring is 1. The van der Waals surface area contributed by atoms with Crippen LogP contribution in [-0.2, 0) is 6.54 Å². The van der Waals surface area contributed by atoms with E-state index in [4.69, 9.17) is 5.73 Å². The maximum absolute atomic E-state index is 13.7. The molecule has 1 aromatic heterocycles. The third kappa shape index (κ3) is 2.09. The topological polar surface area (TPSA) is 43.8 Å². The van der Waals surface area contributed by atoms with Crippen molar-refractivity contribution in [3.05, 3.63) is 23.8 Å². The van der Waals surface area contributed by atoms with Crippen molar-refractivity contribution in [2.45, 2.75) is 32.7 Å². The van der Waals surface area contributed by atoms with Crippen molar-refractivity contribution >= 4 is 17.0 Å². The lowest BCUT2D eigenvalue weighted by Crippen LogP contribution is -2.04. The lowest BCUT2D eigenvalue weighted by Gasteiger charge is -2.06. The summed E-state index contributed by atoms with van der Waals surface area (Å²) in [5.41, 5.74) is 6.28. The van der Waals surface area contributed by atoms with E-state index >= 15 is 0 Å². The summed E-state index contributed by atoms with van der Waals surface area (Å²) in [7, 11) is 0. The van der Waals surface area contributed by atoms with E-state index in [-0.39, 0.29) is 11.5 Å². The predicted octanol–water partition coefficient (Wildman–Crippen LogP) is 3.09. The molecule has 0 fully saturated rings. The average molecular weight is 239 g/mol. The van der Waals surface area contributed by atoms with Crippen LogP contribution in [0.5, 0.6) is 0 Å². The highest BCUT2D eigenvalue weighted by atomic mass is 19.2. The number of aryl methyl sites for hydroxylation is 1. The molecule has 2 N–H and O–H groups in total. The van der Waals surface area contributed by atoms with E-state index in [1.807, 2.05) is 0 Å². The monoisotopic (exact) mass is 239 g/mol. The van der Waals surface area contributed by atoms with Crippen LogP contribution in [0.1, 0.15) is 26.2 Å². The van der Waals surface area contributed by atoms with Crippen LogP contribution in [0.15, 0.2) is 12.1 Å². The molecule has 0 amide bonds. The predicted molar refractivity (Wildman–Crippen MR) is 63.6 cm³/mol. The molecule has 0 aliphatic heterocycles. The van der Waals surface area contributed by atoms with Gasteiger partial charge in [-0.2, -0.15) is 0 Å². The lowest BCUT2D eigenvalue weighted by molar-refractivity contribution is 0.509. The van der Waals surface area contributed by atoms with Gasteiger partial charge in [0.25, 0.3) is 0 Å². The fourth-order valence-corrected chi connectivity index (χ4v) is 1.92. The Bertz CT molecular complexity index is 534. The van der Waals surface area contributed by atoms with Crippen LogP contribution in [-0.4, -0.2) is 9.55 Å². The second-order valence-corrected chi connectivity index (χ2v) is 4.06. The molecular formula is C12H15F2N3. The van der Waals surface area contributed by atoms with E-state index in [9.17, 15) is 8.78 Å². The summed E-state index contributed by atoms with van der Waals surface area (Å²) in [4.78, 5) is 4.03. The number of nitrogens with zero attached hydrogens (tertiary/aromatic N) is 2. The largest absolute Gasteiger partial charge is 0.369 e. The van der Waals surface area contributed by atoms with E-state index < -0.39 is 11.6 Å². The van der Waals surface area contributed by atoms with E-state index in [0.29, 0.717) is 12.1 Å². The Morgan fingerprint density at radius 1 is 1.29 bits per heavy atom. The lowest BCUT2D eigenvalue weighted by atomic mass is 10.2. The number of aromatic nitrogens is 2. The van der Waals surface area contributed by atoms with Gasteiger partial charge in [0, 0.05) is 6.54 Å². The average Bonchev–Trinajstić information content (AvgIpc) is 2.62. The van der Waals surface area contributed by atoms with Crippen molar-refractivity contribution in [3.8, 4) is 0 Å². The maximum Gasteiger partial charge on any atom is 0.201 e. The Morgan fingerprint density at radius 3 is 2.76 bits per heavy atom. The van der Waals surface area contributed by atoms with Gasteiger partial charge in [0.05, 0.1) is 5.52 Å². The van der Waals surface area contributed by atoms with Gasteiger partial charge in [-0.1, -0.05) is 19.8 Å². The Kier molecular flexibility index (Phi) is 3.26. The van der Waals surface area contributed by atoms with Crippen LogP contribution in [0.3, 0.4) is 0 Å². The Labute approximate surface area is 98.2 Å². The fraction of sp³-hybridized carbons (Fsp3) is 0.417. The quantitative estimate of drug-likeness (QED) is 0.833. The zero-order valence-electron chi connectivity index (χ0n) is 9.71. The molecule has 0 saturated heterocycles. The van der Waals surface area contributed by atoms with Crippen LogP contribution >= 0.6 is 0 Å². The summed E-state index contributed by atoms with van der Waals surface area (Å²) >= 11 is 0. The van der Waals surface area contributed by atoms with Crippen molar-refractivity contribution in [3.63, 3.8) is 0 Å². The van der Waals surface area contributed by atoms with Crippen molar-refractivity contribution in [1.29, 1.82) is 0 Å². The smallest absolute Gasteiger partial charge is 0.201 e. The zero-order chi connectivity index (χ0) is 12.4. The minimum Gasteiger partial charge on any atom is -0.369 e. The number of unbranched alkanes of at least 4 members (excludes halogenated alkanes) is 2. The van der Waals surface area contributed by atoms with Crippen molar-refractivity contribution in [2.75, 3.05) is 5.73 Å². The van der Waals surface area contributed by atoms with Gasteiger partial charge in [-0.05, 0) is 18.6 Å². The van der Waals surface area contributed by atoms with Crippen molar-refractivity contribution in [2.24, 2.45) is 0 Å². The van der Waals surface area contributed by atoms with Gasteiger partial charge in [-0.25, -0.2) is 13.8 Å². The molecule has 0 unspecified atom stereocenters. The molecule has 1 aromatic carbocycles. The minimum absolute atomic E-state index is 0.165. The van der Waals surface area contributed by atoms with Crippen LogP contribution in [0.2, 0.25) is 0 Å². The van der Waals surface area contributed by atoms with Crippen LogP contribution in [0.4, 0.5) is 14.7 Å². The summed E-state index contributed by atoms with van der Waals surface area (Å²) in [5, 5.41) is 0. The first-order chi connectivity index (χ1) is 8.15. The molecule has 92 valence electrons. The highest BCUT2D eigenvalue weighted by Crippen LogP contribution is 2.23. The second-order valence-electron chi connectivity index (χ2n) is 4.06. The molecule has 2 aromatic rings. The first kappa shape index (κ1) is 11.8. The molecule has 1 heterocycles. The van der Waals surface area contributed by atoms with Gasteiger partial charge in [0.2, 0.25) is 5.95 Å². The van der Waals surface area contributed by atoms with Gasteiger partial charge >= 0.3 is 0 Å². The number of fused-ring (bicyclic) bond motifs is 1. The number of halogens is 2. The number of hydrogen-bond acceptors (Lipinski definition) is 2. The summed E-state index contributed by atoms with van der Waals surface area (Å²) in [6.07, 6.45) is 2.96. The number of rotatable bonds is 4. The van der Waals surface area contributed by atoms with E-state index in [1.54, 1.807) is 4.57 Å². The number of hydrogen-bond donors (Lipinski definition) is 1. The molecule has 0 bridgehead atoms. The van der Waals surface area contributed by atoms with Gasteiger partial charge in [-0.3, -0.25) is 0 Å². The molecule has 3 nitrogen and oxygen atoms in total. The summed E-state index contributed by atoms with van der Waals surface area (Å²) < 4.78 is 28.4. The van der Waals surface area contributed by atoms with Crippen LogP contribution in [0.25, 0.3) is 11.0 Å². The summed E-state index contributed by atoms with van der Waals surface area (Å²) in [6, 6.07) is 2.51. The molecule has 0 aliphatic carbocycles. The van der Waals surface area contributed by atoms with Crippen molar-refractivity contribution in [1.82, 2.24) is 9.55 Å². The van der Waals surface area contributed by atoms with Gasteiger partial charge in [-0.15, -0.1) is 0 Å². The molecule has 0 aliphatic rings. The summed E-state index contributed by atoms with van der Waals surface area (Å²) in [5.74, 6) is -1.50. The first-order valence-electron chi connectivity index (χ1n) is 5.75. The normalized spacial score (nSPS) is 11.2. The molecule has 0 saturated carbocycles. The number of nitrogens with two attached hydrogens (primary N) is 1. The first-order valence-corrected chi connectivity index (χ1v) is 5.75. The zero-order valence-corrected chi connectivity index (χ0v) is 9.71. The maximum atomic E-state index is 13.7. The van der Waals surface area contributed by atoms with E-state index in [2.05, 4.69) is 11.9 Å². The SMILES string of the molecule is CCCCCn1c(N)nc2ccc(F)c(F)c21. The molecular weight excluding hydrogens is 224 g/mol. The Balaban J connectivity index is 2.46. The van der Waals surface area contributed by atoms with Gasteiger partial charge in [0.15, 0.2) is 11.6 Å². The highest BCUT2D eigenvalue weighted by Gasteiger charge is 2.15. The van der Waals surface area contributed by atoms with Crippen LogP contribution < -0.4 is 5.73 Å². The van der Waals surface area contributed by atoms with E-state index in [1.165, 1.54) is 6.07 Å². The summed E-state index contributed by atoms with van der Waals surface area (Å²) in [6.45, 7) is 2.65. The van der Waals surface area contributed by atoms with Crippen LogP contribution in [0, 0.1) is 11.6 Å². The molecule has 5 heteroatoms. The standard InChI is InChI=1S/C12H15F2N3/c1-2-3-4-7-17-11-9(16-12(17)15)6-5-8(13)10(11)14/h5-6H,2-4,7H2,1H3,(H2,15,16). The number of benzene rings is 1. The molecule has 0 spiro atoms. The third-order valence-electron chi connectivity index (χ3n) is 2.81. The van der Waals surface area contributed by atoms with Crippen molar-refractivity contribution < 1.29 is 8.78 Å². The minimum atomic E-state index is -0.872. The molecule has 17 heavy (non-hydrogen) atoms. The molecule has 0 radical (unpaired) electrons. The van der Waals surface area contributed by atoms with Gasteiger partial charge < -0.3 is 10.3 Å². The van der Waals surface area contributed by atoms with E-state index in [0.717, 1.165) is 25.3 Å². The highest BCUT2D eigenvalue weighted by molar-refractivity contribution is 5.79. The fourth-order valence-electron chi connectivity index (χ4n) is 1.92. The van der Waals surface area contributed by atoms with Gasteiger partial charge in [0.1, 0.15) is 5.52 Å². The Morgan fingerprint density at radius 2 is 2.06 bits per heavy atom. The third-order valence-corrected chi connectivity index (χ3v) is 2.81. The Hall–Kier alpha value is -1.65. The number of anilines is 1. The molecule has 2 rings (SSSR count).